The molecule has 4 heteroatoms. The van der Waals surface area contributed by atoms with Crippen molar-refractivity contribution in [3.8, 4) is 33.6 Å². The van der Waals surface area contributed by atoms with Gasteiger partial charge in [0.2, 0.25) is 0 Å². The number of benzene rings is 7. The molecule has 3 nitrogen and oxygen atoms in total. The number of hydrogen-bond donors (Lipinski definition) is 0. The Balaban J connectivity index is 1.14. The Morgan fingerprint density at radius 2 is 1.16 bits per heavy atom. The van der Waals surface area contributed by atoms with Gasteiger partial charge < -0.3 is 0 Å². The zero-order valence-electron chi connectivity index (χ0n) is 29.9. The fourth-order valence-electron chi connectivity index (χ4n) is 9.71. The van der Waals surface area contributed by atoms with E-state index in [4.69, 9.17) is 10.2 Å². The molecule has 12 rings (SSSR count). The number of pyridine rings is 1. The maximum absolute atomic E-state index is 4.95. The normalized spacial score (nSPS) is 14.1. The SMILES string of the molecule is C1=Cc2sc3c(-c4ccc5c(c4)C(c4ccccc4)(c4ccccc4)c4cc(-c6nnc7c8ccccc8c8ccccc8n67)ccc4-5)cccc3c2CC1. The highest BCUT2D eigenvalue weighted by Gasteiger charge is 2.46. The van der Waals surface area contributed by atoms with Crippen LogP contribution < -0.4 is 0 Å². The van der Waals surface area contributed by atoms with Crippen molar-refractivity contribution in [3.05, 3.63) is 203 Å². The van der Waals surface area contributed by atoms with E-state index < -0.39 is 5.41 Å². The number of para-hydroxylation sites is 1. The van der Waals surface area contributed by atoms with Crippen LogP contribution in [-0.4, -0.2) is 14.6 Å². The molecule has 2 aliphatic rings. The van der Waals surface area contributed by atoms with Crippen molar-refractivity contribution in [2.75, 3.05) is 0 Å². The molecule has 0 saturated heterocycles. The van der Waals surface area contributed by atoms with E-state index in [2.05, 4.69) is 180 Å². The molecular formula is C51H33N3S. The van der Waals surface area contributed by atoms with Gasteiger partial charge in [0.1, 0.15) is 0 Å². The molecule has 3 heterocycles. The number of rotatable bonds is 4. The molecule has 0 fully saturated rings. The molecule has 258 valence electrons. The van der Waals surface area contributed by atoms with Gasteiger partial charge in [0, 0.05) is 25.9 Å². The van der Waals surface area contributed by atoms with Crippen LogP contribution in [0.3, 0.4) is 0 Å². The predicted octanol–water partition coefficient (Wildman–Crippen LogP) is 12.9. The third-order valence-corrected chi connectivity index (χ3v) is 13.3. The maximum Gasteiger partial charge on any atom is 0.169 e. The van der Waals surface area contributed by atoms with E-state index in [9.17, 15) is 0 Å². The first-order valence-electron chi connectivity index (χ1n) is 19.1. The van der Waals surface area contributed by atoms with Gasteiger partial charge >= 0.3 is 0 Å². The van der Waals surface area contributed by atoms with Crippen LogP contribution >= 0.6 is 11.3 Å². The Hall–Kier alpha value is -6.62. The van der Waals surface area contributed by atoms with Gasteiger partial charge in [-0.1, -0.05) is 152 Å². The fourth-order valence-corrected chi connectivity index (χ4v) is 11.0. The fraction of sp³-hybridized carbons (Fsp3) is 0.0588. The summed E-state index contributed by atoms with van der Waals surface area (Å²) in [5, 5.41) is 14.7. The van der Waals surface area contributed by atoms with Crippen LogP contribution in [0.15, 0.2) is 170 Å². The van der Waals surface area contributed by atoms with E-state index >= 15 is 0 Å². The Kier molecular flexibility index (Phi) is 6.55. The van der Waals surface area contributed by atoms with Crippen LogP contribution in [0.2, 0.25) is 0 Å². The van der Waals surface area contributed by atoms with Crippen LogP contribution in [0.25, 0.3) is 77.1 Å². The first-order valence-corrected chi connectivity index (χ1v) is 19.9. The lowest BCUT2D eigenvalue weighted by molar-refractivity contribution is 0.769. The second-order valence-electron chi connectivity index (χ2n) is 14.8. The van der Waals surface area contributed by atoms with Crippen LogP contribution in [-0.2, 0) is 11.8 Å². The Labute approximate surface area is 322 Å². The van der Waals surface area contributed by atoms with Gasteiger partial charge in [-0.15, -0.1) is 21.5 Å². The van der Waals surface area contributed by atoms with Crippen molar-refractivity contribution in [3.63, 3.8) is 0 Å². The number of fused-ring (bicyclic) bond motifs is 12. The standard InChI is InChI=1S/C51H33N3S/c1-3-14-34(15-4-1)51(35-16-5-2-6-17-35)44-30-32(36-22-13-23-42-41-20-10-12-25-47(41)55-48(36)42)26-28-38(44)39-29-27-33(31-45(39)51)49-52-53-50-43-21-8-7-18-37(43)40-19-9-11-24-46(40)54(49)50/h1-9,11-19,21-31H,10,20H2. The van der Waals surface area contributed by atoms with Gasteiger partial charge in [-0.2, -0.15) is 0 Å². The highest BCUT2D eigenvalue weighted by Crippen LogP contribution is 2.58. The number of allylic oxidation sites excluding steroid dienone is 1. The molecule has 0 aliphatic heterocycles. The third-order valence-electron chi connectivity index (χ3n) is 12.1. The smallest absolute Gasteiger partial charge is 0.169 e. The minimum atomic E-state index is -0.570. The summed E-state index contributed by atoms with van der Waals surface area (Å²) in [5.41, 5.74) is 14.0. The summed E-state index contributed by atoms with van der Waals surface area (Å²) in [7, 11) is 0. The van der Waals surface area contributed by atoms with Crippen LogP contribution in [0.4, 0.5) is 0 Å². The molecule has 55 heavy (non-hydrogen) atoms. The van der Waals surface area contributed by atoms with Crippen molar-refractivity contribution in [1.29, 1.82) is 0 Å². The summed E-state index contributed by atoms with van der Waals surface area (Å²) >= 11 is 1.94. The van der Waals surface area contributed by atoms with E-state index in [1.54, 1.807) is 0 Å². The lowest BCUT2D eigenvalue weighted by atomic mass is 9.67. The first kappa shape index (κ1) is 30.8. The molecule has 2 aliphatic carbocycles. The molecule has 7 aromatic carbocycles. The summed E-state index contributed by atoms with van der Waals surface area (Å²) in [5.74, 6) is 0.841. The Bertz CT molecular complexity index is 3170. The van der Waals surface area contributed by atoms with Gasteiger partial charge in [0.15, 0.2) is 11.5 Å². The van der Waals surface area contributed by atoms with Gasteiger partial charge in [0.05, 0.1) is 10.9 Å². The van der Waals surface area contributed by atoms with Crippen LogP contribution in [0.1, 0.15) is 39.1 Å². The molecule has 0 saturated carbocycles. The van der Waals surface area contributed by atoms with Crippen LogP contribution in [0.5, 0.6) is 0 Å². The number of aromatic nitrogens is 3. The minimum absolute atomic E-state index is 0.570. The minimum Gasteiger partial charge on any atom is -0.274 e. The monoisotopic (exact) mass is 719 g/mol. The topological polar surface area (TPSA) is 30.2 Å². The zero-order valence-corrected chi connectivity index (χ0v) is 30.7. The van der Waals surface area contributed by atoms with E-state index in [-0.39, 0.29) is 0 Å². The molecule has 0 amide bonds. The lowest BCUT2D eigenvalue weighted by Gasteiger charge is -2.34. The first-order chi connectivity index (χ1) is 27.3. The average Bonchev–Trinajstić information content (AvgIpc) is 3.96. The molecule has 3 aromatic heterocycles. The van der Waals surface area contributed by atoms with Gasteiger partial charge in [0.25, 0.3) is 0 Å². The van der Waals surface area contributed by atoms with Gasteiger partial charge in [-0.05, 0) is 98.0 Å². The van der Waals surface area contributed by atoms with Crippen LogP contribution in [0, 0.1) is 0 Å². The second kappa shape index (κ2) is 11.7. The Morgan fingerprint density at radius 3 is 1.93 bits per heavy atom. The van der Waals surface area contributed by atoms with Gasteiger partial charge in [-0.25, -0.2) is 0 Å². The van der Waals surface area contributed by atoms with E-state index in [1.165, 1.54) is 75.8 Å². The molecule has 10 aromatic rings. The largest absolute Gasteiger partial charge is 0.274 e. The predicted molar refractivity (Wildman–Crippen MR) is 229 cm³/mol. The van der Waals surface area contributed by atoms with Crippen molar-refractivity contribution < 1.29 is 0 Å². The molecular weight excluding hydrogens is 687 g/mol. The highest BCUT2D eigenvalue weighted by molar-refractivity contribution is 7.20. The average molecular weight is 720 g/mol. The molecule has 0 bridgehead atoms. The molecule has 0 atom stereocenters. The van der Waals surface area contributed by atoms with E-state index in [1.807, 2.05) is 11.3 Å². The number of hydrogen-bond acceptors (Lipinski definition) is 3. The second-order valence-corrected chi connectivity index (χ2v) is 15.9. The summed E-state index contributed by atoms with van der Waals surface area (Å²) in [6, 6.07) is 60.4. The zero-order chi connectivity index (χ0) is 36.1. The number of nitrogens with zero attached hydrogens (tertiary/aromatic N) is 3. The molecule has 0 unspecified atom stereocenters. The van der Waals surface area contributed by atoms with Crippen molar-refractivity contribution >= 4 is 54.8 Å². The number of thiophene rings is 1. The molecule has 0 radical (unpaired) electrons. The summed E-state index contributed by atoms with van der Waals surface area (Å²) in [6.45, 7) is 0. The van der Waals surface area contributed by atoms with Crippen molar-refractivity contribution in [2.24, 2.45) is 0 Å². The van der Waals surface area contributed by atoms with E-state index in [0.717, 1.165) is 40.8 Å². The highest BCUT2D eigenvalue weighted by atomic mass is 32.1. The third kappa shape index (κ3) is 4.26. The maximum atomic E-state index is 4.95. The summed E-state index contributed by atoms with van der Waals surface area (Å²) in [4.78, 5) is 1.40. The number of aryl methyl sites for hydroxylation is 1. The lowest BCUT2D eigenvalue weighted by Crippen LogP contribution is -2.28. The summed E-state index contributed by atoms with van der Waals surface area (Å²) < 4.78 is 3.63. The van der Waals surface area contributed by atoms with E-state index in [0.29, 0.717) is 0 Å². The Morgan fingerprint density at radius 1 is 0.527 bits per heavy atom. The quantitative estimate of drug-likeness (QED) is 0.170. The van der Waals surface area contributed by atoms with Crippen molar-refractivity contribution in [2.45, 2.75) is 18.3 Å². The molecule has 0 spiro atoms. The van der Waals surface area contributed by atoms with Crippen molar-refractivity contribution in [1.82, 2.24) is 14.6 Å². The van der Waals surface area contributed by atoms with Gasteiger partial charge in [-0.3, -0.25) is 4.40 Å². The molecule has 0 N–H and O–H groups in total. The summed E-state index contributed by atoms with van der Waals surface area (Å²) in [6.07, 6.45) is 6.86.